The van der Waals surface area contributed by atoms with E-state index in [1.165, 1.54) is 19.3 Å². The van der Waals surface area contributed by atoms with E-state index in [-0.39, 0.29) is 0 Å². The summed E-state index contributed by atoms with van der Waals surface area (Å²) < 4.78 is 0. The van der Waals surface area contributed by atoms with Gasteiger partial charge in [0.05, 0.1) is 0 Å². The molecule has 0 unspecified atom stereocenters. The van der Waals surface area contributed by atoms with Crippen LogP contribution in [0.1, 0.15) is 38.5 Å². The van der Waals surface area contributed by atoms with Crippen molar-refractivity contribution >= 4 is 0 Å². The van der Waals surface area contributed by atoms with Gasteiger partial charge in [-0.05, 0) is 32.6 Å². The molecular formula is C12H20. The van der Waals surface area contributed by atoms with Gasteiger partial charge in [0.15, 0.2) is 0 Å². The molecule has 0 amide bonds. The van der Waals surface area contributed by atoms with Gasteiger partial charge in [-0.25, -0.2) is 0 Å². The Hall–Kier alpha value is -0.520. The van der Waals surface area contributed by atoms with Crippen LogP contribution < -0.4 is 0 Å². The first kappa shape index (κ1) is 11.5. The molecule has 0 aliphatic rings. The first-order valence-corrected chi connectivity index (χ1v) is 4.80. The Labute approximate surface area is 77.4 Å². The van der Waals surface area contributed by atoms with Crippen molar-refractivity contribution in [3.8, 4) is 0 Å². The van der Waals surface area contributed by atoms with Gasteiger partial charge in [-0.15, -0.1) is 0 Å². The minimum absolute atomic E-state index is 1.07. The molecule has 0 fully saturated rings. The smallest absolute Gasteiger partial charge is 0.0316 e. The van der Waals surface area contributed by atoms with Crippen molar-refractivity contribution in [1.29, 1.82) is 0 Å². The van der Waals surface area contributed by atoms with E-state index in [1.807, 2.05) is 6.08 Å². The molecule has 0 heterocycles. The standard InChI is InChI=1S/C12H20/c1-3-5-7-9-11-12-10-8-6-4-2/h3,5,11-12H,1-2,4,6-10H2. The van der Waals surface area contributed by atoms with Crippen LogP contribution in [-0.2, 0) is 0 Å². The van der Waals surface area contributed by atoms with Crippen LogP contribution in [0.5, 0.6) is 0 Å². The summed E-state index contributed by atoms with van der Waals surface area (Å²) in [6.07, 6.45) is 15.6. The number of rotatable bonds is 7. The molecule has 0 aromatic heterocycles. The second kappa shape index (κ2) is 10.5. The molecule has 0 atom stereocenters. The van der Waals surface area contributed by atoms with Gasteiger partial charge in [-0.1, -0.05) is 44.1 Å². The molecule has 0 aliphatic heterocycles. The van der Waals surface area contributed by atoms with Crippen molar-refractivity contribution in [3.63, 3.8) is 0 Å². The third-order valence-corrected chi connectivity index (χ3v) is 1.70. The topological polar surface area (TPSA) is 0 Å². The van der Waals surface area contributed by atoms with E-state index in [1.54, 1.807) is 0 Å². The lowest BCUT2D eigenvalue weighted by Crippen LogP contribution is -1.71. The summed E-state index contributed by atoms with van der Waals surface area (Å²) in [5.74, 6) is 0. The second-order valence-corrected chi connectivity index (χ2v) is 2.87. The summed E-state index contributed by atoms with van der Waals surface area (Å²) in [5.41, 5.74) is 0. The predicted octanol–water partition coefficient (Wildman–Crippen LogP) is 4.11. The SMILES string of the molecule is [CH2]C=CCCC=CCCCC[CH2]. The fourth-order valence-electron chi connectivity index (χ4n) is 0.985. The summed E-state index contributed by atoms with van der Waals surface area (Å²) >= 11 is 0. The van der Waals surface area contributed by atoms with E-state index in [9.17, 15) is 0 Å². The molecule has 0 spiro atoms. The van der Waals surface area contributed by atoms with Crippen molar-refractivity contribution < 1.29 is 0 Å². The molecule has 0 rings (SSSR count). The van der Waals surface area contributed by atoms with Gasteiger partial charge in [-0.2, -0.15) is 0 Å². The molecule has 68 valence electrons. The number of hydrogen-bond donors (Lipinski definition) is 0. The van der Waals surface area contributed by atoms with E-state index in [0.29, 0.717) is 0 Å². The highest BCUT2D eigenvalue weighted by molar-refractivity contribution is 4.88. The van der Waals surface area contributed by atoms with Gasteiger partial charge < -0.3 is 0 Å². The van der Waals surface area contributed by atoms with Crippen molar-refractivity contribution in [2.24, 2.45) is 0 Å². The maximum atomic E-state index is 3.80. The molecular weight excluding hydrogens is 144 g/mol. The van der Waals surface area contributed by atoms with E-state index in [2.05, 4.69) is 32.1 Å². The molecule has 12 heavy (non-hydrogen) atoms. The number of allylic oxidation sites excluding steroid dienone is 4. The van der Waals surface area contributed by atoms with Crippen LogP contribution >= 0.6 is 0 Å². The lowest BCUT2D eigenvalue weighted by molar-refractivity contribution is 0.759. The van der Waals surface area contributed by atoms with E-state index in [0.717, 1.165) is 19.3 Å². The van der Waals surface area contributed by atoms with Crippen molar-refractivity contribution in [2.75, 3.05) is 0 Å². The second-order valence-electron chi connectivity index (χ2n) is 2.87. The number of hydrogen-bond acceptors (Lipinski definition) is 0. The fraction of sp³-hybridized carbons (Fsp3) is 0.500. The maximum absolute atomic E-state index is 3.80. The van der Waals surface area contributed by atoms with Gasteiger partial charge in [0.2, 0.25) is 0 Å². The Bertz CT molecular complexity index is 120. The predicted molar refractivity (Wildman–Crippen MR) is 56.7 cm³/mol. The lowest BCUT2D eigenvalue weighted by atomic mass is 10.2. The molecule has 0 aromatic carbocycles. The molecule has 0 bridgehead atoms. The van der Waals surface area contributed by atoms with Crippen LogP contribution in [0.4, 0.5) is 0 Å². The summed E-state index contributed by atoms with van der Waals surface area (Å²) in [6.45, 7) is 7.44. The van der Waals surface area contributed by atoms with Crippen LogP contribution in [0.2, 0.25) is 0 Å². The summed E-state index contributed by atoms with van der Waals surface area (Å²) in [7, 11) is 0. The molecule has 0 heteroatoms. The van der Waals surface area contributed by atoms with E-state index >= 15 is 0 Å². The number of unbranched alkanes of at least 4 members (excludes halogenated alkanes) is 4. The fourth-order valence-corrected chi connectivity index (χ4v) is 0.985. The zero-order valence-corrected chi connectivity index (χ0v) is 7.97. The van der Waals surface area contributed by atoms with Gasteiger partial charge in [0, 0.05) is 0 Å². The Morgan fingerprint density at radius 3 is 2.17 bits per heavy atom. The van der Waals surface area contributed by atoms with Crippen LogP contribution in [0.3, 0.4) is 0 Å². The van der Waals surface area contributed by atoms with Crippen LogP contribution in [0.15, 0.2) is 24.3 Å². The van der Waals surface area contributed by atoms with Crippen molar-refractivity contribution in [2.45, 2.75) is 38.5 Å². The quantitative estimate of drug-likeness (QED) is 0.392. The first-order chi connectivity index (χ1) is 5.91. The average Bonchev–Trinajstić information content (AvgIpc) is 2.10. The highest BCUT2D eigenvalue weighted by atomic mass is 13.9. The molecule has 0 N–H and O–H groups in total. The summed E-state index contributed by atoms with van der Waals surface area (Å²) in [6, 6.07) is 0. The third-order valence-electron chi connectivity index (χ3n) is 1.70. The highest BCUT2D eigenvalue weighted by Crippen LogP contribution is 2.01. The van der Waals surface area contributed by atoms with Gasteiger partial charge in [0.1, 0.15) is 0 Å². The Kier molecular flexibility index (Phi) is 10.0. The van der Waals surface area contributed by atoms with E-state index in [4.69, 9.17) is 0 Å². The van der Waals surface area contributed by atoms with Crippen LogP contribution in [0.25, 0.3) is 0 Å². The Morgan fingerprint density at radius 2 is 1.50 bits per heavy atom. The molecule has 0 aliphatic carbocycles. The lowest BCUT2D eigenvalue weighted by Gasteiger charge is -1.91. The molecule has 0 aromatic rings. The molecule has 0 nitrogen and oxygen atoms in total. The normalized spacial score (nSPS) is 11.8. The largest absolute Gasteiger partial charge is 0.0885 e. The van der Waals surface area contributed by atoms with E-state index < -0.39 is 0 Å². The maximum Gasteiger partial charge on any atom is -0.0316 e. The zero-order chi connectivity index (χ0) is 9.07. The van der Waals surface area contributed by atoms with Gasteiger partial charge >= 0.3 is 0 Å². The molecule has 0 saturated heterocycles. The first-order valence-electron chi connectivity index (χ1n) is 4.80. The van der Waals surface area contributed by atoms with Crippen LogP contribution in [-0.4, -0.2) is 0 Å². The average molecular weight is 164 g/mol. The minimum atomic E-state index is 1.07. The van der Waals surface area contributed by atoms with Gasteiger partial charge in [0.25, 0.3) is 0 Å². The van der Waals surface area contributed by atoms with Crippen molar-refractivity contribution in [1.82, 2.24) is 0 Å². The monoisotopic (exact) mass is 164 g/mol. The molecule has 2 radical (unpaired) electrons. The Morgan fingerprint density at radius 1 is 0.833 bits per heavy atom. The summed E-state index contributed by atoms with van der Waals surface area (Å²) in [5, 5.41) is 0. The minimum Gasteiger partial charge on any atom is -0.0885 e. The van der Waals surface area contributed by atoms with Crippen molar-refractivity contribution in [3.05, 3.63) is 38.2 Å². The molecule has 0 saturated carbocycles. The summed E-state index contributed by atoms with van der Waals surface area (Å²) in [4.78, 5) is 0. The Balaban J connectivity index is 3.03. The van der Waals surface area contributed by atoms with Crippen LogP contribution in [0, 0.1) is 13.8 Å². The highest BCUT2D eigenvalue weighted by Gasteiger charge is 1.81. The third kappa shape index (κ3) is 9.48. The van der Waals surface area contributed by atoms with Gasteiger partial charge in [-0.3, -0.25) is 0 Å². The zero-order valence-electron chi connectivity index (χ0n) is 7.97.